The van der Waals surface area contributed by atoms with Gasteiger partial charge in [0.05, 0.1) is 7.11 Å². The number of halogens is 1. The summed E-state index contributed by atoms with van der Waals surface area (Å²) in [5.74, 6) is 0.339. The quantitative estimate of drug-likeness (QED) is 0.898. The Bertz CT molecular complexity index is 431. The molecular formula is C7H8BrNO4S. The second-order valence-electron chi connectivity index (χ2n) is 2.37. The van der Waals surface area contributed by atoms with Crippen molar-refractivity contribution in [3.8, 4) is 11.5 Å². The first-order valence-corrected chi connectivity index (χ1v) is 5.74. The van der Waals surface area contributed by atoms with Gasteiger partial charge >= 0.3 is 10.3 Å². The Kier molecular flexibility index (Phi) is 3.35. The highest BCUT2D eigenvalue weighted by Gasteiger charge is 2.10. The Morgan fingerprint density at radius 2 is 2.00 bits per heavy atom. The van der Waals surface area contributed by atoms with Crippen LogP contribution in [0.25, 0.3) is 0 Å². The van der Waals surface area contributed by atoms with Crippen LogP contribution in [0.4, 0.5) is 0 Å². The van der Waals surface area contributed by atoms with Crippen LogP contribution in [0.1, 0.15) is 0 Å². The molecule has 0 spiro atoms. The maximum Gasteiger partial charge on any atom is 0.380 e. The first-order valence-electron chi connectivity index (χ1n) is 3.48. The van der Waals surface area contributed by atoms with E-state index >= 15 is 0 Å². The third kappa shape index (κ3) is 3.17. The minimum absolute atomic E-state index is 0.0539. The van der Waals surface area contributed by atoms with Gasteiger partial charge in [-0.25, -0.2) is 0 Å². The monoisotopic (exact) mass is 281 g/mol. The van der Waals surface area contributed by atoms with Gasteiger partial charge in [0.25, 0.3) is 0 Å². The van der Waals surface area contributed by atoms with Gasteiger partial charge in [-0.05, 0) is 18.2 Å². The zero-order valence-electron chi connectivity index (χ0n) is 7.23. The fourth-order valence-corrected chi connectivity index (χ4v) is 1.56. The van der Waals surface area contributed by atoms with Crippen molar-refractivity contribution in [2.45, 2.75) is 0 Å². The summed E-state index contributed by atoms with van der Waals surface area (Å²) in [5, 5.41) is 4.71. The summed E-state index contributed by atoms with van der Waals surface area (Å²) in [4.78, 5) is 0. The van der Waals surface area contributed by atoms with Gasteiger partial charge in [-0.1, -0.05) is 15.9 Å². The highest BCUT2D eigenvalue weighted by atomic mass is 79.9. The van der Waals surface area contributed by atoms with E-state index in [0.29, 0.717) is 0 Å². The van der Waals surface area contributed by atoms with E-state index in [0.717, 1.165) is 4.47 Å². The molecule has 2 N–H and O–H groups in total. The molecule has 78 valence electrons. The molecular weight excluding hydrogens is 274 g/mol. The lowest BCUT2D eigenvalue weighted by Crippen LogP contribution is -2.19. The van der Waals surface area contributed by atoms with Crippen LogP contribution < -0.4 is 14.1 Å². The SMILES string of the molecule is COc1cc(Br)ccc1OS(N)(=O)=O. The fraction of sp³-hybridized carbons (Fsp3) is 0.143. The summed E-state index contributed by atoms with van der Waals surface area (Å²) in [6.07, 6.45) is 0. The Morgan fingerprint density at radius 3 is 2.50 bits per heavy atom. The fourth-order valence-electron chi connectivity index (χ4n) is 0.835. The third-order valence-electron chi connectivity index (χ3n) is 1.33. The molecule has 0 fully saturated rings. The molecule has 0 unspecified atom stereocenters. The molecule has 0 saturated carbocycles. The smallest absolute Gasteiger partial charge is 0.380 e. The highest BCUT2D eigenvalue weighted by molar-refractivity contribution is 9.10. The van der Waals surface area contributed by atoms with Crippen molar-refractivity contribution in [2.24, 2.45) is 5.14 Å². The molecule has 1 aromatic rings. The zero-order valence-corrected chi connectivity index (χ0v) is 9.63. The lowest BCUT2D eigenvalue weighted by Gasteiger charge is -2.07. The Morgan fingerprint density at radius 1 is 1.36 bits per heavy atom. The van der Waals surface area contributed by atoms with E-state index in [1.807, 2.05) is 0 Å². The maximum absolute atomic E-state index is 10.6. The second-order valence-corrected chi connectivity index (χ2v) is 4.44. The molecule has 0 aliphatic rings. The minimum Gasteiger partial charge on any atom is -0.493 e. The number of nitrogens with two attached hydrogens (primary N) is 1. The van der Waals surface area contributed by atoms with E-state index in [2.05, 4.69) is 20.1 Å². The molecule has 0 heterocycles. The van der Waals surface area contributed by atoms with Crippen molar-refractivity contribution in [3.63, 3.8) is 0 Å². The van der Waals surface area contributed by atoms with Gasteiger partial charge in [0.2, 0.25) is 0 Å². The van der Waals surface area contributed by atoms with Crippen LogP contribution >= 0.6 is 15.9 Å². The van der Waals surface area contributed by atoms with Crippen molar-refractivity contribution in [3.05, 3.63) is 22.7 Å². The lowest BCUT2D eigenvalue weighted by molar-refractivity contribution is 0.390. The molecule has 0 atom stereocenters. The number of ether oxygens (including phenoxy) is 1. The summed E-state index contributed by atoms with van der Waals surface area (Å²) in [6.45, 7) is 0. The van der Waals surface area contributed by atoms with Crippen LogP contribution in [0.5, 0.6) is 11.5 Å². The van der Waals surface area contributed by atoms with Crippen molar-refractivity contribution in [2.75, 3.05) is 7.11 Å². The Hall–Kier alpha value is -0.790. The zero-order chi connectivity index (χ0) is 10.8. The maximum atomic E-state index is 10.6. The second kappa shape index (κ2) is 4.16. The third-order valence-corrected chi connectivity index (χ3v) is 2.24. The molecule has 14 heavy (non-hydrogen) atoms. The van der Waals surface area contributed by atoms with Crippen molar-refractivity contribution in [1.82, 2.24) is 0 Å². The minimum atomic E-state index is -4.02. The van der Waals surface area contributed by atoms with Crippen LogP contribution in [0.15, 0.2) is 22.7 Å². The van der Waals surface area contributed by atoms with Gasteiger partial charge in [0.15, 0.2) is 11.5 Å². The van der Waals surface area contributed by atoms with E-state index in [4.69, 9.17) is 9.88 Å². The first kappa shape index (κ1) is 11.3. The summed E-state index contributed by atoms with van der Waals surface area (Å²) in [6, 6.07) is 4.62. The average Bonchev–Trinajstić information content (AvgIpc) is 2.06. The van der Waals surface area contributed by atoms with Crippen LogP contribution in [0, 0.1) is 0 Å². The Balaban J connectivity index is 3.09. The van der Waals surface area contributed by atoms with Crippen LogP contribution in [-0.4, -0.2) is 15.5 Å². The number of rotatable bonds is 3. The van der Waals surface area contributed by atoms with E-state index in [-0.39, 0.29) is 11.5 Å². The van der Waals surface area contributed by atoms with Crippen molar-refractivity contribution < 1.29 is 17.3 Å². The van der Waals surface area contributed by atoms with Crippen LogP contribution in [0.2, 0.25) is 0 Å². The number of benzene rings is 1. The molecule has 0 amide bonds. The molecule has 0 aliphatic carbocycles. The topological polar surface area (TPSA) is 78.6 Å². The largest absolute Gasteiger partial charge is 0.493 e. The molecule has 0 radical (unpaired) electrons. The molecule has 0 aromatic heterocycles. The van der Waals surface area contributed by atoms with Gasteiger partial charge in [-0.15, -0.1) is 0 Å². The molecule has 1 rings (SSSR count). The summed E-state index contributed by atoms with van der Waals surface area (Å²) in [7, 11) is -2.62. The van der Waals surface area contributed by atoms with Gasteiger partial charge in [0.1, 0.15) is 0 Å². The summed E-state index contributed by atoms with van der Waals surface area (Å²) < 4.78 is 31.4. The van der Waals surface area contributed by atoms with Crippen LogP contribution in [0.3, 0.4) is 0 Å². The predicted octanol–water partition coefficient (Wildman–Crippen LogP) is 1.04. The molecule has 0 bridgehead atoms. The van der Waals surface area contributed by atoms with E-state index in [1.54, 1.807) is 12.1 Å². The predicted molar refractivity (Wildman–Crippen MR) is 54.4 cm³/mol. The lowest BCUT2D eigenvalue weighted by atomic mass is 10.3. The standard InChI is InChI=1S/C7H8BrNO4S/c1-12-7-4-5(8)2-3-6(7)13-14(9,10)11/h2-4H,1H3,(H2,9,10,11). The van der Waals surface area contributed by atoms with Crippen molar-refractivity contribution >= 4 is 26.2 Å². The van der Waals surface area contributed by atoms with E-state index < -0.39 is 10.3 Å². The first-order chi connectivity index (χ1) is 6.42. The van der Waals surface area contributed by atoms with Gasteiger partial charge in [0, 0.05) is 4.47 Å². The Labute approximate surface area is 90.2 Å². The summed E-state index contributed by atoms with van der Waals surface area (Å²) >= 11 is 3.20. The molecule has 1 aromatic carbocycles. The van der Waals surface area contributed by atoms with E-state index in [9.17, 15) is 8.42 Å². The molecule has 5 nitrogen and oxygen atoms in total. The molecule has 7 heteroatoms. The van der Waals surface area contributed by atoms with E-state index in [1.165, 1.54) is 13.2 Å². The normalized spacial score (nSPS) is 11.1. The van der Waals surface area contributed by atoms with Gasteiger partial charge in [-0.3, -0.25) is 0 Å². The van der Waals surface area contributed by atoms with Crippen LogP contribution in [-0.2, 0) is 10.3 Å². The van der Waals surface area contributed by atoms with Crippen molar-refractivity contribution in [1.29, 1.82) is 0 Å². The average molecular weight is 282 g/mol. The molecule has 0 saturated heterocycles. The van der Waals surface area contributed by atoms with Gasteiger partial charge in [-0.2, -0.15) is 13.6 Å². The number of hydrogen-bond donors (Lipinski definition) is 1. The van der Waals surface area contributed by atoms with Gasteiger partial charge < -0.3 is 8.92 Å². The highest BCUT2D eigenvalue weighted by Crippen LogP contribution is 2.30. The molecule has 0 aliphatic heterocycles. The number of hydrogen-bond acceptors (Lipinski definition) is 4. The summed E-state index contributed by atoms with van der Waals surface area (Å²) in [5.41, 5.74) is 0. The number of methoxy groups -OCH3 is 1.